The number of carbonyl (C=O) groups is 1. The summed E-state index contributed by atoms with van der Waals surface area (Å²) >= 11 is 0. The van der Waals surface area contributed by atoms with E-state index in [1.54, 1.807) is 7.11 Å². The highest BCUT2D eigenvalue weighted by atomic mass is 16.5. The first-order valence-electron chi connectivity index (χ1n) is 8.93. The summed E-state index contributed by atoms with van der Waals surface area (Å²) in [6, 6.07) is 14.1. The third-order valence-corrected chi connectivity index (χ3v) is 4.76. The number of aryl methyl sites for hydroxylation is 2. The molecule has 1 aliphatic rings. The fourth-order valence-electron chi connectivity index (χ4n) is 3.10. The predicted octanol–water partition coefficient (Wildman–Crippen LogP) is 3.04. The average molecular weight is 354 g/mol. The number of anilines is 1. The van der Waals surface area contributed by atoms with Crippen LogP contribution in [0, 0.1) is 13.8 Å². The zero-order valence-corrected chi connectivity index (χ0v) is 15.7. The fraction of sp³-hybridized carbons (Fsp3) is 0.381. The topological polar surface area (TPSA) is 42.0 Å². The first-order chi connectivity index (χ1) is 12.6. The summed E-state index contributed by atoms with van der Waals surface area (Å²) in [6.07, 6.45) is 0. The molecule has 0 aromatic heterocycles. The Morgan fingerprint density at radius 3 is 2.35 bits per heavy atom. The molecule has 138 valence electrons. The van der Waals surface area contributed by atoms with Gasteiger partial charge in [0.25, 0.3) is 5.91 Å². The van der Waals surface area contributed by atoms with Crippen molar-refractivity contribution in [1.82, 2.24) is 4.90 Å². The Balaban J connectivity index is 1.50. The van der Waals surface area contributed by atoms with Gasteiger partial charge in [0, 0.05) is 31.9 Å². The summed E-state index contributed by atoms with van der Waals surface area (Å²) < 4.78 is 10.9. The van der Waals surface area contributed by atoms with E-state index in [0.717, 1.165) is 41.4 Å². The molecule has 1 amide bonds. The van der Waals surface area contributed by atoms with Crippen molar-refractivity contribution in [2.75, 3.05) is 44.8 Å². The van der Waals surface area contributed by atoms with E-state index < -0.39 is 0 Å². The van der Waals surface area contributed by atoms with Gasteiger partial charge < -0.3 is 19.3 Å². The van der Waals surface area contributed by atoms with Crippen molar-refractivity contribution in [2.24, 2.45) is 0 Å². The lowest BCUT2D eigenvalue weighted by atomic mass is 10.1. The Kier molecular flexibility index (Phi) is 5.66. The third kappa shape index (κ3) is 4.28. The molecule has 3 rings (SSSR count). The van der Waals surface area contributed by atoms with E-state index >= 15 is 0 Å². The molecule has 0 N–H and O–H groups in total. The van der Waals surface area contributed by atoms with Crippen LogP contribution < -0.4 is 14.4 Å². The number of carbonyl (C=O) groups excluding carboxylic acids is 1. The summed E-state index contributed by atoms with van der Waals surface area (Å²) in [5.41, 5.74) is 3.34. The summed E-state index contributed by atoms with van der Waals surface area (Å²) in [6.45, 7) is 7.16. The zero-order valence-electron chi connectivity index (χ0n) is 15.7. The molecule has 2 aromatic carbocycles. The van der Waals surface area contributed by atoms with Gasteiger partial charge in [-0.3, -0.25) is 4.79 Å². The van der Waals surface area contributed by atoms with Gasteiger partial charge in [0.1, 0.15) is 11.5 Å². The molecule has 5 heteroatoms. The SMILES string of the molecule is COc1ccc(N2CCN(C(=O)COc3cc(C)ccc3C)CC2)cc1. The number of amides is 1. The average Bonchev–Trinajstić information content (AvgIpc) is 2.68. The van der Waals surface area contributed by atoms with Gasteiger partial charge in [-0.2, -0.15) is 0 Å². The number of hydrogen-bond donors (Lipinski definition) is 0. The maximum atomic E-state index is 12.5. The molecule has 0 bridgehead atoms. The minimum atomic E-state index is 0.0419. The minimum absolute atomic E-state index is 0.0419. The summed E-state index contributed by atoms with van der Waals surface area (Å²) in [5.74, 6) is 1.68. The van der Waals surface area contributed by atoms with E-state index in [4.69, 9.17) is 9.47 Å². The molecule has 5 nitrogen and oxygen atoms in total. The molecule has 0 atom stereocenters. The fourth-order valence-corrected chi connectivity index (χ4v) is 3.10. The highest BCUT2D eigenvalue weighted by molar-refractivity contribution is 5.78. The van der Waals surface area contributed by atoms with Crippen molar-refractivity contribution >= 4 is 11.6 Å². The van der Waals surface area contributed by atoms with Crippen molar-refractivity contribution in [3.63, 3.8) is 0 Å². The smallest absolute Gasteiger partial charge is 0.260 e. The van der Waals surface area contributed by atoms with Crippen LogP contribution in [0.3, 0.4) is 0 Å². The Morgan fingerprint density at radius 2 is 1.69 bits per heavy atom. The van der Waals surface area contributed by atoms with Crippen LogP contribution in [0.25, 0.3) is 0 Å². The predicted molar refractivity (Wildman–Crippen MR) is 103 cm³/mol. The van der Waals surface area contributed by atoms with E-state index in [0.29, 0.717) is 13.1 Å². The molecular weight excluding hydrogens is 328 g/mol. The van der Waals surface area contributed by atoms with Crippen LogP contribution >= 0.6 is 0 Å². The molecular formula is C21H26N2O3. The molecule has 1 saturated heterocycles. The second-order valence-corrected chi connectivity index (χ2v) is 6.62. The van der Waals surface area contributed by atoms with E-state index in [1.807, 2.05) is 49.1 Å². The quantitative estimate of drug-likeness (QED) is 0.828. The van der Waals surface area contributed by atoms with E-state index in [9.17, 15) is 4.79 Å². The van der Waals surface area contributed by atoms with Gasteiger partial charge in [-0.15, -0.1) is 0 Å². The van der Waals surface area contributed by atoms with Crippen molar-refractivity contribution in [1.29, 1.82) is 0 Å². The first kappa shape index (κ1) is 18.1. The maximum absolute atomic E-state index is 12.5. The summed E-state index contributed by atoms with van der Waals surface area (Å²) in [7, 11) is 1.67. The Labute approximate surface area is 155 Å². The molecule has 0 unspecified atom stereocenters. The second-order valence-electron chi connectivity index (χ2n) is 6.62. The zero-order chi connectivity index (χ0) is 18.5. The van der Waals surface area contributed by atoms with Gasteiger partial charge >= 0.3 is 0 Å². The van der Waals surface area contributed by atoms with Gasteiger partial charge in [0.2, 0.25) is 0 Å². The van der Waals surface area contributed by atoms with Crippen molar-refractivity contribution in [2.45, 2.75) is 13.8 Å². The number of nitrogens with zero attached hydrogens (tertiary/aromatic N) is 2. The molecule has 0 aliphatic carbocycles. The molecule has 2 aromatic rings. The molecule has 0 saturated carbocycles. The van der Waals surface area contributed by atoms with Crippen molar-refractivity contribution in [3.05, 3.63) is 53.6 Å². The Bertz CT molecular complexity index is 750. The van der Waals surface area contributed by atoms with Crippen LogP contribution in [0.2, 0.25) is 0 Å². The summed E-state index contributed by atoms with van der Waals surface area (Å²) in [5, 5.41) is 0. The van der Waals surface area contributed by atoms with Crippen LogP contribution in [0.15, 0.2) is 42.5 Å². The maximum Gasteiger partial charge on any atom is 0.260 e. The molecule has 26 heavy (non-hydrogen) atoms. The van der Waals surface area contributed by atoms with Gasteiger partial charge in [-0.25, -0.2) is 0 Å². The third-order valence-electron chi connectivity index (χ3n) is 4.76. The lowest BCUT2D eigenvalue weighted by Gasteiger charge is -2.36. The molecule has 0 radical (unpaired) electrons. The molecule has 0 spiro atoms. The van der Waals surface area contributed by atoms with Crippen LogP contribution in [0.1, 0.15) is 11.1 Å². The van der Waals surface area contributed by atoms with E-state index in [-0.39, 0.29) is 12.5 Å². The molecule has 1 aliphatic heterocycles. The second kappa shape index (κ2) is 8.13. The van der Waals surface area contributed by atoms with Gasteiger partial charge in [0.05, 0.1) is 7.11 Å². The van der Waals surface area contributed by atoms with Gasteiger partial charge in [-0.1, -0.05) is 12.1 Å². The van der Waals surface area contributed by atoms with Crippen molar-refractivity contribution in [3.8, 4) is 11.5 Å². The summed E-state index contributed by atoms with van der Waals surface area (Å²) in [4.78, 5) is 16.6. The van der Waals surface area contributed by atoms with Crippen LogP contribution in [0.4, 0.5) is 5.69 Å². The number of methoxy groups -OCH3 is 1. The molecule has 1 fully saturated rings. The lowest BCUT2D eigenvalue weighted by Crippen LogP contribution is -2.50. The number of benzene rings is 2. The highest BCUT2D eigenvalue weighted by Crippen LogP contribution is 2.21. The molecule has 1 heterocycles. The highest BCUT2D eigenvalue weighted by Gasteiger charge is 2.21. The minimum Gasteiger partial charge on any atom is -0.497 e. The monoisotopic (exact) mass is 354 g/mol. The van der Waals surface area contributed by atoms with Crippen LogP contribution in [0.5, 0.6) is 11.5 Å². The normalized spacial score (nSPS) is 14.3. The number of rotatable bonds is 5. The number of ether oxygens (including phenoxy) is 2. The van der Waals surface area contributed by atoms with Gasteiger partial charge in [0.15, 0.2) is 6.61 Å². The van der Waals surface area contributed by atoms with Crippen LogP contribution in [-0.4, -0.2) is 50.7 Å². The lowest BCUT2D eigenvalue weighted by molar-refractivity contribution is -0.133. The standard InChI is InChI=1S/C21H26N2O3/c1-16-4-5-17(2)20(14-16)26-15-21(24)23-12-10-22(11-13-23)18-6-8-19(25-3)9-7-18/h4-9,14H,10-13,15H2,1-3H3. The largest absolute Gasteiger partial charge is 0.497 e. The Morgan fingerprint density at radius 1 is 1.00 bits per heavy atom. The Hall–Kier alpha value is -2.69. The van der Waals surface area contributed by atoms with E-state index in [2.05, 4.69) is 17.0 Å². The first-order valence-corrected chi connectivity index (χ1v) is 8.93. The van der Waals surface area contributed by atoms with Gasteiger partial charge in [-0.05, 0) is 55.3 Å². The van der Waals surface area contributed by atoms with E-state index in [1.165, 1.54) is 0 Å². The number of piperazine rings is 1. The van der Waals surface area contributed by atoms with Crippen molar-refractivity contribution < 1.29 is 14.3 Å². The number of hydrogen-bond acceptors (Lipinski definition) is 4. The van der Waals surface area contributed by atoms with Crippen LogP contribution in [-0.2, 0) is 4.79 Å².